The van der Waals surface area contributed by atoms with Crippen LogP contribution in [0, 0.1) is 0 Å². The lowest BCUT2D eigenvalue weighted by Gasteiger charge is -2.06. The molecular weight excluding hydrogens is 164 g/mol. The topological polar surface area (TPSA) is 47.6 Å². The molecular formula is C10H12N2O. The van der Waals surface area contributed by atoms with Gasteiger partial charge in [0.1, 0.15) is 6.61 Å². The molecule has 0 aromatic heterocycles. The number of aliphatic imine (C=N–C) groups is 1. The second kappa shape index (κ2) is 3.58. The summed E-state index contributed by atoms with van der Waals surface area (Å²) in [4.78, 5) is 4.25. The number of benzene rings is 1. The summed E-state index contributed by atoms with van der Waals surface area (Å²) < 4.78 is 5.38. The Morgan fingerprint density at radius 2 is 2.23 bits per heavy atom. The Morgan fingerprint density at radius 3 is 2.92 bits per heavy atom. The van der Waals surface area contributed by atoms with Crippen molar-refractivity contribution in [3.05, 3.63) is 35.4 Å². The molecule has 0 atom stereocenters. The molecule has 3 nitrogen and oxygen atoms in total. The van der Waals surface area contributed by atoms with Gasteiger partial charge in [-0.2, -0.15) is 0 Å². The molecule has 0 amide bonds. The van der Waals surface area contributed by atoms with Crippen LogP contribution in [0.15, 0.2) is 29.3 Å². The summed E-state index contributed by atoms with van der Waals surface area (Å²) in [6, 6.07) is 7.94. The van der Waals surface area contributed by atoms with Crippen LogP contribution in [0.2, 0.25) is 0 Å². The van der Waals surface area contributed by atoms with E-state index in [1.807, 2.05) is 24.3 Å². The highest BCUT2D eigenvalue weighted by Gasteiger charge is 2.12. The zero-order valence-electron chi connectivity index (χ0n) is 7.36. The summed E-state index contributed by atoms with van der Waals surface area (Å²) in [5.41, 5.74) is 7.72. The van der Waals surface area contributed by atoms with E-state index in [1.165, 1.54) is 0 Å². The monoisotopic (exact) mass is 176 g/mol. The molecule has 1 heterocycles. The lowest BCUT2D eigenvalue weighted by Crippen LogP contribution is -2.08. The molecule has 0 saturated carbocycles. The molecule has 1 aliphatic rings. The van der Waals surface area contributed by atoms with Crippen molar-refractivity contribution in [2.75, 3.05) is 13.2 Å². The van der Waals surface area contributed by atoms with E-state index in [1.54, 1.807) is 0 Å². The summed E-state index contributed by atoms with van der Waals surface area (Å²) in [5.74, 6) is 0.737. The van der Waals surface area contributed by atoms with E-state index in [-0.39, 0.29) is 0 Å². The predicted octanol–water partition coefficient (Wildman–Crippen LogP) is 0.922. The Balaban J connectivity index is 2.38. The van der Waals surface area contributed by atoms with Gasteiger partial charge >= 0.3 is 0 Å². The van der Waals surface area contributed by atoms with Crippen LogP contribution >= 0.6 is 0 Å². The van der Waals surface area contributed by atoms with Gasteiger partial charge in [-0.15, -0.1) is 0 Å². The van der Waals surface area contributed by atoms with Gasteiger partial charge < -0.3 is 10.5 Å². The van der Waals surface area contributed by atoms with Crippen molar-refractivity contribution in [2.45, 2.75) is 6.54 Å². The van der Waals surface area contributed by atoms with Gasteiger partial charge in [-0.25, -0.2) is 4.99 Å². The number of rotatable bonds is 2. The highest BCUT2D eigenvalue weighted by atomic mass is 16.5. The second-order valence-electron chi connectivity index (χ2n) is 2.90. The van der Waals surface area contributed by atoms with Crippen LogP contribution in [0.3, 0.4) is 0 Å². The fourth-order valence-electron chi connectivity index (χ4n) is 1.41. The molecule has 0 spiro atoms. The van der Waals surface area contributed by atoms with Crippen molar-refractivity contribution < 1.29 is 4.74 Å². The Bertz CT molecular complexity index is 333. The van der Waals surface area contributed by atoms with Gasteiger partial charge in [-0.05, 0) is 11.6 Å². The first kappa shape index (κ1) is 8.26. The van der Waals surface area contributed by atoms with Crippen LogP contribution in [0.5, 0.6) is 0 Å². The zero-order chi connectivity index (χ0) is 9.10. The van der Waals surface area contributed by atoms with Crippen molar-refractivity contribution in [3.8, 4) is 0 Å². The molecule has 0 radical (unpaired) electrons. The predicted molar refractivity (Wildman–Crippen MR) is 51.7 cm³/mol. The average molecular weight is 176 g/mol. The van der Waals surface area contributed by atoms with Gasteiger partial charge in [0.25, 0.3) is 0 Å². The number of nitrogens with zero attached hydrogens (tertiary/aromatic N) is 1. The minimum atomic E-state index is 0.526. The third-order valence-electron chi connectivity index (χ3n) is 2.05. The summed E-state index contributed by atoms with van der Waals surface area (Å²) >= 11 is 0. The Hall–Kier alpha value is -1.35. The first-order valence-electron chi connectivity index (χ1n) is 4.37. The fourth-order valence-corrected chi connectivity index (χ4v) is 1.41. The molecule has 68 valence electrons. The second-order valence-corrected chi connectivity index (χ2v) is 2.90. The van der Waals surface area contributed by atoms with Crippen LogP contribution in [0.1, 0.15) is 11.1 Å². The van der Waals surface area contributed by atoms with Crippen molar-refractivity contribution >= 4 is 5.90 Å². The SMILES string of the molecule is NCc1ccccc1C1=NCCO1. The lowest BCUT2D eigenvalue weighted by atomic mass is 10.1. The minimum Gasteiger partial charge on any atom is -0.476 e. The molecule has 1 aromatic carbocycles. The number of hydrogen-bond donors (Lipinski definition) is 1. The molecule has 2 rings (SSSR count). The maximum Gasteiger partial charge on any atom is 0.216 e. The van der Waals surface area contributed by atoms with E-state index in [0.29, 0.717) is 13.2 Å². The normalized spacial score (nSPS) is 15.3. The van der Waals surface area contributed by atoms with Crippen molar-refractivity contribution in [2.24, 2.45) is 10.7 Å². The average Bonchev–Trinajstić information content (AvgIpc) is 2.70. The Kier molecular flexibility index (Phi) is 2.27. The van der Waals surface area contributed by atoms with Gasteiger partial charge in [-0.3, -0.25) is 0 Å². The Morgan fingerprint density at radius 1 is 1.38 bits per heavy atom. The third kappa shape index (κ3) is 1.55. The standard InChI is InChI=1S/C10H12N2O/c11-7-8-3-1-2-4-9(8)10-12-5-6-13-10/h1-4H,5-7,11H2. The van der Waals surface area contributed by atoms with Crippen LogP contribution in [-0.4, -0.2) is 19.0 Å². The molecule has 0 saturated heterocycles. The van der Waals surface area contributed by atoms with Crippen molar-refractivity contribution in [1.29, 1.82) is 0 Å². The molecule has 2 N–H and O–H groups in total. The van der Waals surface area contributed by atoms with E-state index >= 15 is 0 Å². The maximum absolute atomic E-state index is 5.61. The van der Waals surface area contributed by atoms with Crippen molar-refractivity contribution in [1.82, 2.24) is 0 Å². The minimum absolute atomic E-state index is 0.526. The highest BCUT2D eigenvalue weighted by Crippen LogP contribution is 2.12. The van der Waals surface area contributed by atoms with E-state index in [0.717, 1.165) is 23.6 Å². The Labute approximate surface area is 77.2 Å². The molecule has 1 aromatic rings. The van der Waals surface area contributed by atoms with Gasteiger partial charge in [-0.1, -0.05) is 18.2 Å². The summed E-state index contributed by atoms with van der Waals surface area (Å²) in [7, 11) is 0. The summed E-state index contributed by atoms with van der Waals surface area (Å²) in [6.07, 6.45) is 0. The molecule has 13 heavy (non-hydrogen) atoms. The lowest BCUT2D eigenvalue weighted by molar-refractivity contribution is 0.348. The first-order valence-corrected chi connectivity index (χ1v) is 4.37. The largest absolute Gasteiger partial charge is 0.476 e. The van der Waals surface area contributed by atoms with E-state index in [4.69, 9.17) is 10.5 Å². The van der Waals surface area contributed by atoms with Crippen LogP contribution in [-0.2, 0) is 11.3 Å². The van der Waals surface area contributed by atoms with E-state index in [2.05, 4.69) is 4.99 Å². The molecule has 0 aliphatic carbocycles. The molecule has 0 unspecified atom stereocenters. The summed E-state index contributed by atoms with van der Waals surface area (Å²) in [5, 5.41) is 0. The number of ether oxygens (including phenoxy) is 1. The summed E-state index contributed by atoms with van der Waals surface area (Å²) in [6.45, 7) is 1.97. The van der Waals surface area contributed by atoms with Crippen LogP contribution in [0.25, 0.3) is 0 Å². The van der Waals surface area contributed by atoms with Crippen molar-refractivity contribution in [3.63, 3.8) is 0 Å². The fraction of sp³-hybridized carbons (Fsp3) is 0.300. The smallest absolute Gasteiger partial charge is 0.216 e. The van der Waals surface area contributed by atoms with E-state index in [9.17, 15) is 0 Å². The first-order chi connectivity index (χ1) is 6.42. The van der Waals surface area contributed by atoms with Gasteiger partial charge in [0.2, 0.25) is 5.90 Å². The van der Waals surface area contributed by atoms with Gasteiger partial charge in [0.15, 0.2) is 0 Å². The molecule has 1 aliphatic heterocycles. The third-order valence-corrected chi connectivity index (χ3v) is 2.05. The van der Waals surface area contributed by atoms with Gasteiger partial charge in [0, 0.05) is 12.1 Å². The highest BCUT2D eigenvalue weighted by molar-refractivity contribution is 5.96. The van der Waals surface area contributed by atoms with Crippen LogP contribution < -0.4 is 5.73 Å². The molecule has 3 heteroatoms. The maximum atomic E-state index is 5.61. The number of nitrogens with two attached hydrogens (primary N) is 1. The molecule has 0 fully saturated rings. The quantitative estimate of drug-likeness (QED) is 0.728. The van der Waals surface area contributed by atoms with Gasteiger partial charge in [0.05, 0.1) is 6.54 Å². The zero-order valence-corrected chi connectivity index (χ0v) is 7.36. The van der Waals surface area contributed by atoms with Crippen LogP contribution in [0.4, 0.5) is 0 Å². The van der Waals surface area contributed by atoms with E-state index < -0.39 is 0 Å². The molecule has 0 bridgehead atoms. The number of hydrogen-bond acceptors (Lipinski definition) is 3.